The van der Waals surface area contributed by atoms with Crippen LogP contribution in [0.5, 0.6) is 0 Å². The summed E-state index contributed by atoms with van der Waals surface area (Å²) in [5.74, 6) is -0.845. The van der Waals surface area contributed by atoms with Gasteiger partial charge in [0, 0.05) is 13.1 Å². The number of amides is 2. The minimum Gasteiger partial charge on any atom is -0.462 e. The highest BCUT2D eigenvalue weighted by Crippen LogP contribution is 2.29. The topological polar surface area (TPSA) is 66.9 Å². The summed E-state index contributed by atoms with van der Waals surface area (Å²) < 4.78 is 4.97. The van der Waals surface area contributed by atoms with Gasteiger partial charge in [0.05, 0.1) is 30.3 Å². The Morgan fingerprint density at radius 2 is 1.80 bits per heavy atom. The normalized spacial score (nSPS) is 19.7. The Morgan fingerprint density at radius 3 is 2.43 bits per heavy atom. The van der Waals surface area contributed by atoms with Crippen LogP contribution < -0.4 is 4.90 Å². The maximum Gasteiger partial charge on any atom is 0.338 e. The fraction of sp³-hybridized carbons (Fsp3) is 0.292. The molecule has 1 saturated heterocycles. The number of nitrogens with zero attached hydrogens (tertiary/aromatic N) is 2. The minimum absolute atomic E-state index is 0.174. The number of carbonyl (C=O) groups excluding carboxylic acids is 3. The van der Waals surface area contributed by atoms with Gasteiger partial charge in [0.15, 0.2) is 0 Å². The third-order valence-corrected chi connectivity index (χ3v) is 5.59. The molecule has 6 nitrogen and oxygen atoms in total. The molecule has 1 fully saturated rings. The quantitative estimate of drug-likeness (QED) is 0.565. The molecular formula is C24H24N2O4. The molecule has 154 valence electrons. The molecule has 2 aromatic carbocycles. The van der Waals surface area contributed by atoms with E-state index in [1.807, 2.05) is 18.2 Å². The molecule has 2 heterocycles. The molecular weight excluding hydrogens is 380 g/mol. The van der Waals surface area contributed by atoms with Gasteiger partial charge in [-0.1, -0.05) is 36.4 Å². The van der Waals surface area contributed by atoms with Crippen LogP contribution in [0.15, 0.2) is 60.7 Å². The average molecular weight is 404 g/mol. The van der Waals surface area contributed by atoms with E-state index in [0.717, 1.165) is 13.0 Å². The molecule has 0 radical (unpaired) electrons. The van der Waals surface area contributed by atoms with Gasteiger partial charge in [-0.3, -0.25) is 14.5 Å². The van der Waals surface area contributed by atoms with Gasteiger partial charge >= 0.3 is 5.97 Å². The lowest BCUT2D eigenvalue weighted by molar-refractivity contribution is -0.122. The standard InChI is InChI=1S/C24H24N2O4/c1-2-30-24(29)19-8-10-20(11-9-19)26-22(27)16-21(23(26)28)25-14-12-18(13-15-25)17-6-4-3-5-7-17/h3-12,21H,2,13-16H2,1H3/t21-/m0/s1. The Balaban J connectivity index is 1.46. The maximum atomic E-state index is 13.0. The van der Waals surface area contributed by atoms with Crippen LogP contribution in [0.1, 0.15) is 35.7 Å². The van der Waals surface area contributed by atoms with Crippen molar-refractivity contribution in [3.63, 3.8) is 0 Å². The van der Waals surface area contributed by atoms with E-state index < -0.39 is 12.0 Å². The number of carbonyl (C=O) groups is 3. The van der Waals surface area contributed by atoms with Crippen molar-refractivity contribution in [3.05, 3.63) is 71.8 Å². The molecule has 2 aliphatic rings. The van der Waals surface area contributed by atoms with Crippen molar-refractivity contribution >= 4 is 29.0 Å². The van der Waals surface area contributed by atoms with Crippen LogP contribution in [-0.4, -0.2) is 48.4 Å². The molecule has 0 unspecified atom stereocenters. The number of ether oxygens (including phenoxy) is 1. The fourth-order valence-corrected chi connectivity index (χ4v) is 4.02. The Bertz CT molecular complexity index is 982. The molecule has 2 aromatic rings. The van der Waals surface area contributed by atoms with Crippen molar-refractivity contribution in [2.75, 3.05) is 24.6 Å². The second-order valence-corrected chi connectivity index (χ2v) is 7.39. The molecule has 4 rings (SSSR count). The second-order valence-electron chi connectivity index (χ2n) is 7.39. The van der Waals surface area contributed by atoms with Crippen LogP contribution in [0.2, 0.25) is 0 Å². The fourth-order valence-electron chi connectivity index (χ4n) is 4.02. The molecule has 0 saturated carbocycles. The van der Waals surface area contributed by atoms with Crippen LogP contribution >= 0.6 is 0 Å². The first-order valence-corrected chi connectivity index (χ1v) is 10.2. The van der Waals surface area contributed by atoms with Gasteiger partial charge in [0.1, 0.15) is 0 Å². The molecule has 30 heavy (non-hydrogen) atoms. The Kier molecular flexibility index (Phi) is 5.77. The minimum atomic E-state index is -0.448. The molecule has 6 heteroatoms. The van der Waals surface area contributed by atoms with E-state index in [1.54, 1.807) is 31.2 Å². The van der Waals surface area contributed by atoms with Crippen molar-refractivity contribution in [3.8, 4) is 0 Å². The number of esters is 1. The highest BCUT2D eigenvalue weighted by Gasteiger charge is 2.42. The van der Waals surface area contributed by atoms with Crippen molar-refractivity contribution in [2.45, 2.75) is 25.8 Å². The molecule has 0 spiro atoms. The first-order chi connectivity index (χ1) is 14.6. The van der Waals surface area contributed by atoms with Crippen LogP contribution in [0.4, 0.5) is 5.69 Å². The van der Waals surface area contributed by atoms with Crippen molar-refractivity contribution in [1.29, 1.82) is 0 Å². The molecule has 0 N–H and O–H groups in total. The number of anilines is 1. The van der Waals surface area contributed by atoms with E-state index >= 15 is 0 Å². The number of hydrogen-bond donors (Lipinski definition) is 0. The van der Waals surface area contributed by atoms with Gasteiger partial charge in [-0.2, -0.15) is 0 Å². The summed E-state index contributed by atoms with van der Waals surface area (Å²) in [4.78, 5) is 40.8. The van der Waals surface area contributed by atoms with E-state index in [4.69, 9.17) is 4.74 Å². The molecule has 1 atom stereocenters. The van der Waals surface area contributed by atoms with Gasteiger partial charge in [0.2, 0.25) is 5.91 Å². The lowest BCUT2D eigenvalue weighted by Crippen LogP contribution is -2.44. The van der Waals surface area contributed by atoms with Gasteiger partial charge in [-0.25, -0.2) is 9.69 Å². The Morgan fingerprint density at radius 1 is 1.07 bits per heavy atom. The van der Waals surface area contributed by atoms with Crippen molar-refractivity contribution in [1.82, 2.24) is 4.90 Å². The zero-order valence-corrected chi connectivity index (χ0v) is 16.9. The number of benzene rings is 2. The average Bonchev–Trinajstić information content (AvgIpc) is 3.08. The molecule has 2 aliphatic heterocycles. The highest BCUT2D eigenvalue weighted by molar-refractivity contribution is 6.22. The van der Waals surface area contributed by atoms with Gasteiger partial charge in [-0.05, 0) is 48.7 Å². The van der Waals surface area contributed by atoms with E-state index in [1.165, 1.54) is 16.0 Å². The number of imide groups is 1. The highest BCUT2D eigenvalue weighted by atomic mass is 16.5. The SMILES string of the molecule is CCOC(=O)c1ccc(N2C(=O)C[C@H](N3CC=C(c4ccccc4)CC3)C2=O)cc1. The van der Waals surface area contributed by atoms with E-state index in [2.05, 4.69) is 23.1 Å². The summed E-state index contributed by atoms with van der Waals surface area (Å²) in [7, 11) is 0. The second kappa shape index (κ2) is 8.63. The monoisotopic (exact) mass is 404 g/mol. The summed E-state index contributed by atoms with van der Waals surface area (Å²) in [6.45, 7) is 3.41. The lowest BCUT2D eigenvalue weighted by atomic mass is 9.98. The summed E-state index contributed by atoms with van der Waals surface area (Å²) >= 11 is 0. The largest absolute Gasteiger partial charge is 0.462 e. The van der Waals surface area contributed by atoms with Crippen LogP contribution in [-0.2, 0) is 14.3 Å². The van der Waals surface area contributed by atoms with Crippen LogP contribution in [0.3, 0.4) is 0 Å². The lowest BCUT2D eigenvalue weighted by Gasteiger charge is -2.30. The molecule has 0 bridgehead atoms. The summed E-state index contributed by atoms with van der Waals surface area (Å²) in [6, 6.07) is 16.2. The zero-order chi connectivity index (χ0) is 21.1. The molecule has 2 amide bonds. The molecule has 0 aliphatic carbocycles. The summed E-state index contributed by atoms with van der Waals surface area (Å²) in [6.07, 6.45) is 3.16. The predicted octanol–water partition coefficient (Wildman–Crippen LogP) is 3.28. The summed E-state index contributed by atoms with van der Waals surface area (Å²) in [5, 5.41) is 0. The maximum absolute atomic E-state index is 13.0. The Labute approximate surface area is 175 Å². The number of rotatable bonds is 5. The van der Waals surface area contributed by atoms with E-state index in [-0.39, 0.29) is 18.2 Å². The van der Waals surface area contributed by atoms with E-state index in [9.17, 15) is 14.4 Å². The van der Waals surface area contributed by atoms with Crippen molar-refractivity contribution < 1.29 is 19.1 Å². The van der Waals surface area contributed by atoms with Gasteiger partial charge in [-0.15, -0.1) is 0 Å². The third kappa shape index (κ3) is 3.91. The van der Waals surface area contributed by atoms with Crippen molar-refractivity contribution in [2.24, 2.45) is 0 Å². The number of hydrogen-bond acceptors (Lipinski definition) is 5. The van der Waals surface area contributed by atoms with Crippen LogP contribution in [0.25, 0.3) is 5.57 Å². The molecule has 0 aromatic heterocycles. The smallest absolute Gasteiger partial charge is 0.338 e. The predicted molar refractivity (Wildman–Crippen MR) is 114 cm³/mol. The van der Waals surface area contributed by atoms with Gasteiger partial charge in [0.25, 0.3) is 5.91 Å². The first kappa shape index (κ1) is 20.0. The summed E-state index contributed by atoms with van der Waals surface area (Å²) in [5.41, 5.74) is 3.35. The van der Waals surface area contributed by atoms with E-state index in [0.29, 0.717) is 24.4 Å². The zero-order valence-electron chi connectivity index (χ0n) is 16.9. The van der Waals surface area contributed by atoms with Crippen LogP contribution in [0, 0.1) is 0 Å². The third-order valence-electron chi connectivity index (χ3n) is 5.59. The Hall–Kier alpha value is -3.25. The first-order valence-electron chi connectivity index (χ1n) is 10.2. The van der Waals surface area contributed by atoms with Gasteiger partial charge < -0.3 is 4.74 Å².